The Hall–Kier alpha value is -2.11. The van der Waals surface area contributed by atoms with E-state index in [9.17, 15) is 24.7 Å². The first-order valence-electron chi connectivity index (χ1n) is 5.54. The lowest BCUT2D eigenvalue weighted by Gasteiger charge is -2.16. The molecule has 0 spiro atoms. The molecule has 1 aliphatic rings. The molecule has 1 saturated heterocycles. The number of alkyl halides is 1. The molecule has 1 fully saturated rings. The van der Waals surface area contributed by atoms with E-state index in [2.05, 4.69) is 15.3 Å². The van der Waals surface area contributed by atoms with E-state index in [1.165, 1.54) is 0 Å². The van der Waals surface area contributed by atoms with Crippen molar-refractivity contribution in [2.24, 2.45) is 0 Å². The number of nitrogens with two attached hydrogens (primary N) is 1. The summed E-state index contributed by atoms with van der Waals surface area (Å²) in [7, 11) is 0. The van der Waals surface area contributed by atoms with Crippen LogP contribution in [0.25, 0.3) is 0 Å². The number of nitrogens with zero attached hydrogens (tertiary/aromatic N) is 3. The van der Waals surface area contributed by atoms with Crippen LogP contribution in [0.3, 0.4) is 0 Å². The summed E-state index contributed by atoms with van der Waals surface area (Å²) in [5, 5.41) is 32.4. The van der Waals surface area contributed by atoms with Gasteiger partial charge in [0.1, 0.15) is 31.3 Å². The molecule has 10 nitrogen and oxygen atoms in total. The van der Waals surface area contributed by atoms with Crippen molar-refractivity contribution in [3.05, 3.63) is 16.4 Å². The number of hydrogen-bond acceptors (Lipinski definition) is 9. The fourth-order valence-electron chi connectivity index (χ4n) is 1.81. The number of nitrogens with one attached hydrogen (secondary N) is 1. The van der Waals surface area contributed by atoms with Crippen LogP contribution in [0.1, 0.15) is 0 Å². The SMILES string of the molecule is Nc1ncnc(NC2O[C@H](CF)[C@@H](O)[C@H]2O)c1[N+](=O)[O-]. The second-order valence-electron chi connectivity index (χ2n) is 4.09. The third kappa shape index (κ3) is 2.45. The minimum Gasteiger partial charge on any atom is -0.387 e. The first kappa shape index (κ1) is 14.3. The Balaban J connectivity index is 2.23. The predicted molar refractivity (Wildman–Crippen MR) is 63.4 cm³/mol. The van der Waals surface area contributed by atoms with Crippen LogP contribution in [0.2, 0.25) is 0 Å². The molecule has 0 aromatic carbocycles. The average molecular weight is 289 g/mol. The Morgan fingerprint density at radius 1 is 1.50 bits per heavy atom. The Bertz CT molecular complexity index is 518. The summed E-state index contributed by atoms with van der Waals surface area (Å²) in [6.45, 7) is -1.01. The van der Waals surface area contributed by atoms with Crippen LogP contribution in [-0.2, 0) is 4.74 Å². The van der Waals surface area contributed by atoms with Crippen LogP contribution in [0, 0.1) is 10.1 Å². The zero-order valence-corrected chi connectivity index (χ0v) is 10.0. The molecule has 0 saturated carbocycles. The van der Waals surface area contributed by atoms with Gasteiger partial charge in [0.05, 0.1) is 4.92 Å². The number of nitro groups is 1. The zero-order valence-electron chi connectivity index (χ0n) is 10.0. The molecule has 1 aromatic heterocycles. The highest BCUT2D eigenvalue weighted by molar-refractivity contribution is 5.67. The maximum atomic E-state index is 12.5. The number of anilines is 2. The highest BCUT2D eigenvalue weighted by Crippen LogP contribution is 2.30. The lowest BCUT2D eigenvalue weighted by molar-refractivity contribution is -0.383. The molecule has 20 heavy (non-hydrogen) atoms. The van der Waals surface area contributed by atoms with Crippen molar-refractivity contribution in [1.82, 2.24) is 9.97 Å². The molecule has 2 heterocycles. The monoisotopic (exact) mass is 289 g/mol. The largest absolute Gasteiger partial charge is 0.387 e. The van der Waals surface area contributed by atoms with Crippen LogP contribution in [0.5, 0.6) is 0 Å². The minimum atomic E-state index is -1.47. The molecule has 0 radical (unpaired) electrons. The topological polar surface area (TPSA) is 157 Å². The van der Waals surface area contributed by atoms with Crippen LogP contribution >= 0.6 is 0 Å². The van der Waals surface area contributed by atoms with E-state index in [1.54, 1.807) is 0 Å². The summed E-state index contributed by atoms with van der Waals surface area (Å²) >= 11 is 0. The third-order valence-electron chi connectivity index (χ3n) is 2.83. The number of aliphatic hydroxyl groups excluding tert-OH is 2. The Morgan fingerprint density at radius 3 is 2.75 bits per heavy atom. The minimum absolute atomic E-state index is 0.293. The molecular weight excluding hydrogens is 277 g/mol. The number of aliphatic hydroxyl groups is 2. The van der Waals surface area contributed by atoms with Crippen molar-refractivity contribution >= 4 is 17.3 Å². The predicted octanol–water partition coefficient (Wildman–Crippen LogP) is -1.20. The Kier molecular flexibility index (Phi) is 3.92. The summed E-state index contributed by atoms with van der Waals surface area (Å²) in [6.07, 6.45) is -4.41. The van der Waals surface area contributed by atoms with E-state index in [0.717, 1.165) is 6.33 Å². The van der Waals surface area contributed by atoms with Crippen molar-refractivity contribution in [1.29, 1.82) is 0 Å². The molecular formula is C9H12FN5O5. The fourth-order valence-corrected chi connectivity index (χ4v) is 1.81. The van der Waals surface area contributed by atoms with E-state index in [-0.39, 0.29) is 11.6 Å². The van der Waals surface area contributed by atoms with Gasteiger partial charge in [0.15, 0.2) is 6.23 Å². The number of ether oxygens (including phenoxy) is 1. The molecule has 11 heteroatoms. The van der Waals surface area contributed by atoms with Gasteiger partial charge in [0.2, 0.25) is 11.6 Å². The summed E-state index contributed by atoms with van der Waals surface area (Å²) in [4.78, 5) is 17.2. The maximum Gasteiger partial charge on any atom is 0.353 e. The van der Waals surface area contributed by atoms with Crippen molar-refractivity contribution in [3.63, 3.8) is 0 Å². The van der Waals surface area contributed by atoms with Gasteiger partial charge in [-0.25, -0.2) is 14.4 Å². The number of halogens is 1. The van der Waals surface area contributed by atoms with Crippen LogP contribution in [-0.4, -0.2) is 56.3 Å². The van der Waals surface area contributed by atoms with Gasteiger partial charge in [-0.3, -0.25) is 10.1 Å². The van der Waals surface area contributed by atoms with Crippen LogP contribution in [0.15, 0.2) is 6.33 Å². The van der Waals surface area contributed by atoms with Crippen molar-refractivity contribution in [3.8, 4) is 0 Å². The quantitative estimate of drug-likeness (QED) is 0.394. The van der Waals surface area contributed by atoms with Gasteiger partial charge in [-0.1, -0.05) is 0 Å². The van der Waals surface area contributed by atoms with Crippen molar-refractivity contribution < 1.29 is 24.3 Å². The first-order chi connectivity index (χ1) is 9.45. The van der Waals surface area contributed by atoms with Gasteiger partial charge < -0.3 is 26.0 Å². The number of rotatable bonds is 4. The highest BCUT2D eigenvalue weighted by atomic mass is 19.1. The van der Waals surface area contributed by atoms with Crippen molar-refractivity contribution in [2.45, 2.75) is 24.5 Å². The van der Waals surface area contributed by atoms with E-state index in [0.29, 0.717) is 0 Å². The van der Waals surface area contributed by atoms with Crippen molar-refractivity contribution in [2.75, 3.05) is 17.7 Å². The van der Waals surface area contributed by atoms with Gasteiger partial charge in [0.25, 0.3) is 0 Å². The van der Waals surface area contributed by atoms with Gasteiger partial charge in [-0.15, -0.1) is 0 Å². The van der Waals surface area contributed by atoms with Crippen LogP contribution < -0.4 is 11.1 Å². The Morgan fingerprint density at radius 2 is 2.20 bits per heavy atom. The zero-order chi connectivity index (χ0) is 14.9. The van der Waals surface area contributed by atoms with E-state index in [4.69, 9.17) is 10.5 Å². The molecule has 0 aliphatic carbocycles. The summed E-state index contributed by atoms with van der Waals surface area (Å²) in [6, 6.07) is 0. The molecule has 1 aliphatic heterocycles. The van der Waals surface area contributed by atoms with Gasteiger partial charge in [-0.05, 0) is 0 Å². The fraction of sp³-hybridized carbons (Fsp3) is 0.556. The average Bonchev–Trinajstić information content (AvgIpc) is 2.66. The molecule has 4 atom stereocenters. The summed E-state index contributed by atoms with van der Waals surface area (Å²) in [5.41, 5.74) is 4.77. The van der Waals surface area contributed by atoms with E-state index >= 15 is 0 Å². The molecule has 5 N–H and O–H groups in total. The van der Waals surface area contributed by atoms with Gasteiger partial charge in [0, 0.05) is 0 Å². The Labute approximate surface area is 111 Å². The molecule has 0 bridgehead atoms. The van der Waals surface area contributed by atoms with Gasteiger partial charge in [-0.2, -0.15) is 0 Å². The molecule has 0 amide bonds. The number of hydrogen-bond donors (Lipinski definition) is 4. The molecule has 110 valence electrons. The van der Waals surface area contributed by atoms with Crippen LogP contribution in [0.4, 0.5) is 21.7 Å². The molecule has 1 aromatic rings. The maximum absolute atomic E-state index is 12.5. The smallest absolute Gasteiger partial charge is 0.353 e. The summed E-state index contributed by atoms with van der Waals surface area (Å²) in [5.74, 6) is -0.666. The second-order valence-corrected chi connectivity index (χ2v) is 4.09. The summed E-state index contributed by atoms with van der Waals surface area (Å²) < 4.78 is 17.5. The third-order valence-corrected chi connectivity index (χ3v) is 2.83. The standard InChI is InChI=1S/C9H12FN5O5/c10-1-3-5(16)6(17)9(20-3)14-8-4(15(18)19)7(11)12-2-13-8/h2-3,5-6,9,16-17H,1H2,(H3,11,12,13,14)/t3-,5-,6-,9?/m1/s1. The molecule has 2 rings (SSSR count). The highest BCUT2D eigenvalue weighted by Gasteiger charge is 2.43. The lowest BCUT2D eigenvalue weighted by Crippen LogP contribution is -2.36. The van der Waals surface area contributed by atoms with Gasteiger partial charge >= 0.3 is 5.69 Å². The second kappa shape index (κ2) is 5.48. The van der Waals surface area contributed by atoms with E-state index < -0.39 is 41.8 Å². The molecule has 1 unspecified atom stereocenters. The normalized spacial score (nSPS) is 29.4. The lowest BCUT2D eigenvalue weighted by atomic mass is 10.1. The first-order valence-corrected chi connectivity index (χ1v) is 5.54. The number of aromatic nitrogens is 2. The van der Waals surface area contributed by atoms with E-state index in [1.807, 2.05) is 0 Å². The number of nitrogen functional groups attached to an aromatic ring is 1.